The highest BCUT2D eigenvalue weighted by Gasteiger charge is 2.46. The maximum Gasteiger partial charge on any atom is 0.511 e. The molecular weight excluding hydrogens is 271 g/mol. The normalized spacial score (nSPS) is 14.3. The van der Waals surface area contributed by atoms with Crippen molar-refractivity contribution in [1.29, 1.82) is 0 Å². The average Bonchev–Trinajstić information content (AvgIpc) is 2.26. The van der Waals surface area contributed by atoms with Crippen molar-refractivity contribution in [3.05, 3.63) is 29.8 Å². The predicted octanol–water partition coefficient (Wildman–Crippen LogP) is 2.20. The quantitative estimate of drug-likeness (QED) is 0.921. The van der Waals surface area contributed by atoms with Crippen molar-refractivity contribution in [2.24, 2.45) is 0 Å². The van der Waals surface area contributed by atoms with Crippen LogP contribution in [0.25, 0.3) is 0 Å². The molecular formula is C10H12F3NO3S. The van der Waals surface area contributed by atoms with Crippen LogP contribution in [0.15, 0.2) is 24.3 Å². The first-order valence-corrected chi connectivity index (χ1v) is 6.39. The van der Waals surface area contributed by atoms with Crippen molar-refractivity contribution in [3.8, 4) is 5.75 Å². The van der Waals surface area contributed by atoms with Crippen LogP contribution in [-0.4, -0.2) is 21.0 Å². The number of sulfonamides is 1. The minimum Gasteiger partial charge on any atom is -0.496 e. The molecule has 0 radical (unpaired) electrons. The smallest absolute Gasteiger partial charge is 0.496 e. The van der Waals surface area contributed by atoms with Gasteiger partial charge in [0.1, 0.15) is 5.75 Å². The van der Waals surface area contributed by atoms with Crippen molar-refractivity contribution in [2.75, 3.05) is 7.11 Å². The van der Waals surface area contributed by atoms with E-state index in [4.69, 9.17) is 4.74 Å². The Kier molecular flexibility index (Phi) is 4.23. The number of methoxy groups -OCH3 is 1. The van der Waals surface area contributed by atoms with Crippen LogP contribution in [0, 0.1) is 0 Å². The molecule has 0 fully saturated rings. The molecule has 0 aliphatic rings. The fourth-order valence-corrected chi connectivity index (χ4v) is 2.11. The number of nitrogens with one attached hydrogen (secondary N) is 1. The third-order valence-corrected chi connectivity index (χ3v) is 3.52. The molecule has 0 amide bonds. The first-order valence-electron chi connectivity index (χ1n) is 4.90. The molecule has 0 aliphatic carbocycles. The Morgan fingerprint density at radius 2 is 1.83 bits per heavy atom. The van der Waals surface area contributed by atoms with Crippen LogP contribution in [0.2, 0.25) is 0 Å². The summed E-state index contributed by atoms with van der Waals surface area (Å²) in [6.07, 6.45) is 0. The molecule has 0 bridgehead atoms. The van der Waals surface area contributed by atoms with E-state index in [2.05, 4.69) is 0 Å². The number of rotatable bonds is 4. The van der Waals surface area contributed by atoms with Crippen molar-refractivity contribution in [1.82, 2.24) is 4.72 Å². The minimum absolute atomic E-state index is 0.315. The van der Waals surface area contributed by atoms with E-state index < -0.39 is 21.6 Å². The van der Waals surface area contributed by atoms with Crippen LogP contribution >= 0.6 is 0 Å². The van der Waals surface area contributed by atoms with Gasteiger partial charge in [-0.25, -0.2) is 13.1 Å². The Hall–Kier alpha value is -1.28. The number of para-hydroxylation sites is 1. The lowest BCUT2D eigenvalue weighted by Gasteiger charge is -2.18. The first kappa shape index (κ1) is 14.8. The molecule has 102 valence electrons. The van der Waals surface area contributed by atoms with Crippen LogP contribution < -0.4 is 9.46 Å². The number of hydrogen-bond acceptors (Lipinski definition) is 3. The third-order valence-electron chi connectivity index (χ3n) is 2.24. The molecule has 0 unspecified atom stereocenters. The molecule has 0 saturated carbocycles. The van der Waals surface area contributed by atoms with E-state index in [0.29, 0.717) is 11.3 Å². The molecule has 1 N–H and O–H groups in total. The van der Waals surface area contributed by atoms with E-state index in [1.165, 1.54) is 26.2 Å². The van der Waals surface area contributed by atoms with E-state index in [1.54, 1.807) is 16.9 Å². The highest BCUT2D eigenvalue weighted by Crippen LogP contribution is 2.28. The number of alkyl halides is 3. The molecule has 1 rings (SSSR count). The summed E-state index contributed by atoms with van der Waals surface area (Å²) in [5.74, 6) is 0.315. The van der Waals surface area contributed by atoms with Gasteiger partial charge in [-0.3, -0.25) is 0 Å². The SMILES string of the molecule is COc1ccccc1[C@H](C)NS(=O)(=O)C(F)(F)F. The van der Waals surface area contributed by atoms with Crippen molar-refractivity contribution in [3.63, 3.8) is 0 Å². The lowest BCUT2D eigenvalue weighted by molar-refractivity contribution is -0.0450. The second-order valence-corrected chi connectivity index (χ2v) is 5.24. The maximum atomic E-state index is 12.2. The summed E-state index contributed by atoms with van der Waals surface area (Å²) in [6, 6.07) is 5.19. The van der Waals surface area contributed by atoms with Crippen LogP contribution in [0.4, 0.5) is 13.2 Å². The zero-order valence-corrected chi connectivity index (χ0v) is 10.5. The molecule has 0 aromatic heterocycles. The van der Waals surface area contributed by atoms with Gasteiger partial charge in [0.2, 0.25) is 0 Å². The molecule has 1 atom stereocenters. The summed E-state index contributed by atoms with van der Waals surface area (Å²) in [5, 5.41) is 0. The Balaban J connectivity index is 3.00. The maximum absolute atomic E-state index is 12.2. The van der Waals surface area contributed by atoms with Gasteiger partial charge in [-0.1, -0.05) is 18.2 Å². The van der Waals surface area contributed by atoms with Gasteiger partial charge < -0.3 is 4.74 Å². The lowest BCUT2D eigenvalue weighted by Crippen LogP contribution is -2.38. The van der Waals surface area contributed by atoms with Gasteiger partial charge in [-0.2, -0.15) is 13.2 Å². The molecule has 0 heterocycles. The topological polar surface area (TPSA) is 55.4 Å². The van der Waals surface area contributed by atoms with Gasteiger partial charge in [0, 0.05) is 11.6 Å². The largest absolute Gasteiger partial charge is 0.511 e. The van der Waals surface area contributed by atoms with Crippen LogP contribution in [0.3, 0.4) is 0 Å². The first-order chi connectivity index (χ1) is 8.19. The predicted molar refractivity (Wildman–Crippen MR) is 59.5 cm³/mol. The van der Waals surface area contributed by atoms with E-state index in [1.807, 2.05) is 0 Å². The third kappa shape index (κ3) is 3.14. The molecule has 0 saturated heterocycles. The van der Waals surface area contributed by atoms with E-state index in [9.17, 15) is 21.6 Å². The Bertz CT molecular complexity index is 513. The summed E-state index contributed by atoms with van der Waals surface area (Å²) < 4.78 is 65.1. The summed E-state index contributed by atoms with van der Waals surface area (Å²) >= 11 is 0. The minimum atomic E-state index is -5.38. The fourth-order valence-electron chi connectivity index (χ4n) is 1.39. The van der Waals surface area contributed by atoms with Gasteiger partial charge in [0.25, 0.3) is 0 Å². The Morgan fingerprint density at radius 1 is 1.28 bits per heavy atom. The highest BCUT2D eigenvalue weighted by molar-refractivity contribution is 7.90. The summed E-state index contributed by atoms with van der Waals surface area (Å²) in [5.41, 5.74) is -5.00. The van der Waals surface area contributed by atoms with E-state index >= 15 is 0 Å². The average molecular weight is 283 g/mol. The number of hydrogen-bond donors (Lipinski definition) is 1. The fraction of sp³-hybridized carbons (Fsp3) is 0.400. The number of ether oxygens (including phenoxy) is 1. The second-order valence-electron chi connectivity index (χ2n) is 3.53. The Labute approximate surface area is 103 Å². The molecule has 1 aromatic rings. The van der Waals surface area contributed by atoms with E-state index in [0.717, 1.165) is 0 Å². The Morgan fingerprint density at radius 3 is 2.33 bits per heavy atom. The van der Waals surface area contributed by atoms with Gasteiger partial charge in [-0.05, 0) is 13.0 Å². The lowest BCUT2D eigenvalue weighted by atomic mass is 10.1. The van der Waals surface area contributed by atoms with Crippen molar-refractivity contribution in [2.45, 2.75) is 18.5 Å². The molecule has 8 heteroatoms. The molecule has 0 spiro atoms. The van der Waals surface area contributed by atoms with Crippen LogP contribution in [-0.2, 0) is 10.0 Å². The summed E-state index contributed by atoms with van der Waals surface area (Å²) in [7, 11) is -4.02. The zero-order valence-electron chi connectivity index (χ0n) is 9.65. The van der Waals surface area contributed by atoms with Gasteiger partial charge >= 0.3 is 15.5 Å². The summed E-state index contributed by atoms with van der Waals surface area (Å²) in [4.78, 5) is 0. The number of benzene rings is 1. The van der Waals surface area contributed by atoms with Gasteiger partial charge in [-0.15, -0.1) is 0 Å². The molecule has 18 heavy (non-hydrogen) atoms. The van der Waals surface area contributed by atoms with Crippen molar-refractivity contribution >= 4 is 10.0 Å². The van der Waals surface area contributed by atoms with Crippen LogP contribution in [0.1, 0.15) is 18.5 Å². The molecule has 4 nitrogen and oxygen atoms in total. The van der Waals surface area contributed by atoms with E-state index in [-0.39, 0.29) is 0 Å². The van der Waals surface area contributed by atoms with Crippen molar-refractivity contribution < 1.29 is 26.3 Å². The molecule has 1 aromatic carbocycles. The van der Waals surface area contributed by atoms with Gasteiger partial charge in [0.05, 0.1) is 7.11 Å². The monoisotopic (exact) mass is 283 g/mol. The zero-order chi connectivity index (χ0) is 14.0. The molecule has 0 aliphatic heterocycles. The number of halogens is 3. The van der Waals surface area contributed by atoms with Crippen LogP contribution in [0.5, 0.6) is 5.75 Å². The second kappa shape index (κ2) is 5.15. The highest BCUT2D eigenvalue weighted by atomic mass is 32.2. The standard InChI is InChI=1S/C10H12F3NO3S/c1-7(14-18(15,16)10(11,12)13)8-5-3-4-6-9(8)17-2/h3-7,14H,1-2H3/t7-/m0/s1. The summed E-state index contributed by atoms with van der Waals surface area (Å²) in [6.45, 7) is 1.31. The van der Waals surface area contributed by atoms with Gasteiger partial charge in [0.15, 0.2) is 0 Å².